The number of aryl methyl sites for hydroxylation is 1. The van der Waals surface area contributed by atoms with Gasteiger partial charge in [0, 0.05) is 27.5 Å². The molecule has 4 rings (SSSR count). The molecule has 0 spiro atoms. The Labute approximate surface area is 108 Å². The highest BCUT2D eigenvalue weighted by Crippen LogP contribution is 2.41. The summed E-state index contributed by atoms with van der Waals surface area (Å²) < 4.78 is 11.2. The molecule has 0 aliphatic rings. The molecule has 3 N–H and O–H groups in total. The van der Waals surface area contributed by atoms with Crippen LogP contribution < -0.4 is 5.73 Å². The summed E-state index contributed by atoms with van der Waals surface area (Å²) in [5.74, 6) is 0.518. The maximum absolute atomic E-state index is 5.94. The standard InChI is InChI=1S/C14H11N3O2/c1-7-8-2-4-19-13(8)11(9-3-5-18-12(7)9)10-6-16-17-14(10)15/h2-6H,1H3,(H3,15,16,17). The van der Waals surface area contributed by atoms with Gasteiger partial charge in [-0.3, -0.25) is 5.10 Å². The zero-order valence-electron chi connectivity index (χ0n) is 10.2. The number of nitrogens with zero attached hydrogens (tertiary/aromatic N) is 1. The van der Waals surface area contributed by atoms with Crippen molar-refractivity contribution >= 4 is 27.8 Å². The number of furan rings is 2. The van der Waals surface area contributed by atoms with Crippen LogP contribution in [-0.2, 0) is 0 Å². The average Bonchev–Trinajstić information content (AvgIpc) is 3.10. The topological polar surface area (TPSA) is 81.0 Å². The second-order valence-corrected chi connectivity index (χ2v) is 4.52. The highest BCUT2D eigenvalue weighted by Gasteiger charge is 2.19. The Bertz CT molecular complexity index is 846. The van der Waals surface area contributed by atoms with Gasteiger partial charge in [0.1, 0.15) is 17.0 Å². The van der Waals surface area contributed by atoms with Gasteiger partial charge >= 0.3 is 0 Å². The predicted molar refractivity (Wildman–Crippen MR) is 72.7 cm³/mol. The van der Waals surface area contributed by atoms with Crippen molar-refractivity contribution < 1.29 is 8.83 Å². The summed E-state index contributed by atoms with van der Waals surface area (Å²) >= 11 is 0. The maximum Gasteiger partial charge on any atom is 0.143 e. The van der Waals surface area contributed by atoms with Crippen LogP contribution in [0.4, 0.5) is 5.82 Å². The molecule has 3 aromatic heterocycles. The Morgan fingerprint density at radius 3 is 2.58 bits per heavy atom. The molecule has 0 radical (unpaired) electrons. The number of nitrogens with two attached hydrogens (primary N) is 1. The monoisotopic (exact) mass is 253 g/mol. The Hall–Kier alpha value is -2.69. The maximum atomic E-state index is 5.94. The van der Waals surface area contributed by atoms with E-state index in [-0.39, 0.29) is 0 Å². The van der Waals surface area contributed by atoms with Crippen LogP contribution >= 0.6 is 0 Å². The summed E-state index contributed by atoms with van der Waals surface area (Å²) in [6.07, 6.45) is 5.06. The van der Waals surface area contributed by atoms with Crippen molar-refractivity contribution in [3.8, 4) is 11.1 Å². The first-order chi connectivity index (χ1) is 9.27. The largest absolute Gasteiger partial charge is 0.464 e. The quantitative estimate of drug-likeness (QED) is 0.544. The third kappa shape index (κ3) is 1.21. The van der Waals surface area contributed by atoms with E-state index in [0.717, 1.165) is 38.6 Å². The van der Waals surface area contributed by atoms with Crippen LogP contribution in [0.1, 0.15) is 5.56 Å². The van der Waals surface area contributed by atoms with Crippen LogP contribution in [-0.4, -0.2) is 10.2 Å². The van der Waals surface area contributed by atoms with Crippen LogP contribution in [0.25, 0.3) is 33.1 Å². The van der Waals surface area contributed by atoms with E-state index in [0.29, 0.717) is 5.82 Å². The van der Waals surface area contributed by atoms with Crippen molar-refractivity contribution in [3.05, 3.63) is 36.4 Å². The Morgan fingerprint density at radius 1 is 1.11 bits per heavy atom. The first-order valence-electron chi connectivity index (χ1n) is 5.93. The lowest BCUT2D eigenvalue weighted by molar-refractivity contribution is 0.611. The highest BCUT2D eigenvalue weighted by molar-refractivity contribution is 6.12. The molecule has 3 heterocycles. The van der Waals surface area contributed by atoms with Gasteiger partial charge in [0.25, 0.3) is 0 Å². The molecule has 5 nitrogen and oxygen atoms in total. The SMILES string of the molecule is Cc1c2ccoc2c(-c2cn[nH]c2N)c2ccoc12. The number of rotatable bonds is 1. The number of H-pyrrole nitrogens is 1. The molecule has 4 aromatic rings. The number of benzene rings is 1. The molecule has 0 saturated heterocycles. The summed E-state index contributed by atoms with van der Waals surface area (Å²) in [7, 11) is 0. The van der Waals surface area contributed by atoms with Gasteiger partial charge in [0.05, 0.1) is 18.7 Å². The van der Waals surface area contributed by atoms with Crippen molar-refractivity contribution in [1.29, 1.82) is 0 Å². The molecule has 5 heteroatoms. The van der Waals surface area contributed by atoms with E-state index in [4.69, 9.17) is 14.6 Å². The molecule has 0 unspecified atom stereocenters. The Balaban J connectivity index is 2.29. The van der Waals surface area contributed by atoms with Gasteiger partial charge in [-0.2, -0.15) is 5.10 Å². The van der Waals surface area contributed by atoms with Crippen molar-refractivity contribution in [2.75, 3.05) is 5.73 Å². The minimum absolute atomic E-state index is 0.518. The summed E-state index contributed by atoms with van der Waals surface area (Å²) in [6, 6.07) is 3.86. The van der Waals surface area contributed by atoms with Gasteiger partial charge < -0.3 is 14.6 Å². The number of nitrogen functional groups attached to an aromatic ring is 1. The molecule has 1 aromatic carbocycles. The number of fused-ring (bicyclic) bond motifs is 2. The average molecular weight is 253 g/mol. The minimum Gasteiger partial charge on any atom is -0.464 e. The first kappa shape index (κ1) is 10.3. The number of nitrogens with one attached hydrogen (secondary N) is 1. The van der Waals surface area contributed by atoms with E-state index >= 15 is 0 Å². The van der Waals surface area contributed by atoms with E-state index in [9.17, 15) is 0 Å². The lowest BCUT2D eigenvalue weighted by Crippen LogP contribution is -1.89. The van der Waals surface area contributed by atoms with Crippen molar-refractivity contribution in [3.63, 3.8) is 0 Å². The number of hydrogen-bond acceptors (Lipinski definition) is 4. The molecule has 0 amide bonds. The van der Waals surface area contributed by atoms with Crippen LogP contribution in [0, 0.1) is 6.92 Å². The van der Waals surface area contributed by atoms with Crippen molar-refractivity contribution in [1.82, 2.24) is 10.2 Å². The smallest absolute Gasteiger partial charge is 0.143 e. The van der Waals surface area contributed by atoms with E-state index in [2.05, 4.69) is 10.2 Å². The van der Waals surface area contributed by atoms with E-state index in [1.165, 1.54) is 0 Å². The van der Waals surface area contributed by atoms with Gasteiger partial charge in [-0.25, -0.2) is 0 Å². The Morgan fingerprint density at radius 2 is 1.84 bits per heavy atom. The first-order valence-corrected chi connectivity index (χ1v) is 5.93. The third-order valence-electron chi connectivity index (χ3n) is 3.51. The van der Waals surface area contributed by atoms with Crippen LogP contribution in [0.2, 0.25) is 0 Å². The van der Waals surface area contributed by atoms with Gasteiger partial charge in [0.2, 0.25) is 0 Å². The molecular formula is C14H11N3O2. The summed E-state index contributed by atoms with van der Waals surface area (Å²) in [4.78, 5) is 0. The van der Waals surface area contributed by atoms with E-state index in [1.54, 1.807) is 18.7 Å². The minimum atomic E-state index is 0.518. The lowest BCUT2D eigenvalue weighted by Gasteiger charge is -2.05. The molecule has 0 fully saturated rings. The highest BCUT2D eigenvalue weighted by atomic mass is 16.3. The number of aromatic nitrogens is 2. The summed E-state index contributed by atoms with van der Waals surface area (Å²) in [6.45, 7) is 2.02. The van der Waals surface area contributed by atoms with Crippen LogP contribution in [0.15, 0.2) is 39.7 Å². The molecule has 0 saturated carbocycles. The zero-order valence-corrected chi connectivity index (χ0v) is 10.2. The molecule has 94 valence electrons. The molecule has 0 atom stereocenters. The van der Waals surface area contributed by atoms with Crippen molar-refractivity contribution in [2.45, 2.75) is 6.92 Å². The fourth-order valence-corrected chi connectivity index (χ4v) is 2.60. The van der Waals surface area contributed by atoms with Crippen LogP contribution in [0.3, 0.4) is 0 Å². The van der Waals surface area contributed by atoms with Crippen molar-refractivity contribution in [2.24, 2.45) is 0 Å². The Kier molecular flexibility index (Phi) is 1.84. The van der Waals surface area contributed by atoms with E-state index < -0.39 is 0 Å². The summed E-state index contributed by atoms with van der Waals surface area (Å²) in [5.41, 5.74) is 10.4. The van der Waals surface area contributed by atoms with Gasteiger partial charge in [0.15, 0.2) is 0 Å². The van der Waals surface area contributed by atoms with Gasteiger partial charge in [-0.1, -0.05) is 0 Å². The number of anilines is 1. The fraction of sp³-hybridized carbons (Fsp3) is 0.0714. The van der Waals surface area contributed by atoms with Gasteiger partial charge in [-0.15, -0.1) is 0 Å². The summed E-state index contributed by atoms with van der Waals surface area (Å²) in [5, 5.41) is 8.74. The third-order valence-corrected chi connectivity index (χ3v) is 3.51. The molecule has 0 aliphatic carbocycles. The second-order valence-electron chi connectivity index (χ2n) is 4.52. The molecule has 0 bridgehead atoms. The lowest BCUT2D eigenvalue weighted by atomic mass is 9.98. The zero-order chi connectivity index (χ0) is 13.0. The molecule has 19 heavy (non-hydrogen) atoms. The predicted octanol–water partition coefficient (Wildman–Crippen LogP) is 3.46. The number of aromatic amines is 1. The van der Waals surface area contributed by atoms with Gasteiger partial charge in [-0.05, 0) is 19.1 Å². The molecule has 0 aliphatic heterocycles. The second kappa shape index (κ2) is 3.41. The normalized spacial score (nSPS) is 11.6. The van der Waals surface area contributed by atoms with Crippen LogP contribution in [0.5, 0.6) is 0 Å². The fourth-order valence-electron chi connectivity index (χ4n) is 2.60. The number of hydrogen-bond donors (Lipinski definition) is 2. The van der Waals surface area contributed by atoms with E-state index in [1.807, 2.05) is 19.1 Å². The molecular weight excluding hydrogens is 242 g/mol.